The number of sulfone groups is 1. The second-order valence-electron chi connectivity index (χ2n) is 6.07. The van der Waals surface area contributed by atoms with Crippen LogP contribution in [0.1, 0.15) is 39.0 Å². The fourth-order valence-corrected chi connectivity index (χ4v) is 4.86. The van der Waals surface area contributed by atoms with Crippen molar-refractivity contribution in [3.05, 3.63) is 0 Å². The standard InChI is InChI=1S/C14H23NO5S/c1-2-3-7-15(10-6-8-21(19,20)9-10)13(16)11-4-5-12(11)14(17)18/h10-12H,2-9H2,1H3,(H,17,18). The Morgan fingerprint density at radius 3 is 2.29 bits per heavy atom. The SMILES string of the molecule is CCCCN(C(=O)C1CCC1C(=O)O)C1CCS(=O)(=O)C1. The molecule has 120 valence electrons. The van der Waals surface area contributed by atoms with Crippen molar-refractivity contribution in [3.63, 3.8) is 0 Å². The number of carbonyl (C=O) groups excluding carboxylic acids is 1. The predicted octanol–water partition coefficient (Wildman–Crippen LogP) is 0.913. The first kappa shape index (κ1) is 16.3. The van der Waals surface area contributed by atoms with E-state index in [9.17, 15) is 18.0 Å². The minimum Gasteiger partial charge on any atom is -0.481 e. The van der Waals surface area contributed by atoms with Crippen LogP contribution in [0.4, 0.5) is 0 Å². The van der Waals surface area contributed by atoms with Crippen LogP contribution in [0.25, 0.3) is 0 Å². The zero-order valence-electron chi connectivity index (χ0n) is 12.3. The summed E-state index contributed by atoms with van der Waals surface area (Å²) in [6.07, 6.45) is 3.33. The summed E-state index contributed by atoms with van der Waals surface area (Å²) in [4.78, 5) is 25.3. The van der Waals surface area contributed by atoms with Gasteiger partial charge in [0, 0.05) is 12.6 Å². The molecule has 2 fully saturated rings. The Hall–Kier alpha value is -1.11. The lowest BCUT2D eigenvalue weighted by molar-refractivity contribution is -0.157. The van der Waals surface area contributed by atoms with Gasteiger partial charge >= 0.3 is 5.97 Å². The molecule has 0 aromatic carbocycles. The third-order valence-electron chi connectivity index (χ3n) is 4.59. The molecule has 3 atom stereocenters. The van der Waals surface area contributed by atoms with Crippen molar-refractivity contribution < 1.29 is 23.1 Å². The zero-order chi connectivity index (χ0) is 15.6. The molecule has 1 amide bonds. The van der Waals surface area contributed by atoms with Crippen molar-refractivity contribution in [2.24, 2.45) is 11.8 Å². The summed E-state index contributed by atoms with van der Waals surface area (Å²) in [5.41, 5.74) is 0. The molecule has 1 aliphatic carbocycles. The number of carboxylic acid groups (broad SMARTS) is 1. The molecular formula is C14H23NO5S. The van der Waals surface area contributed by atoms with Gasteiger partial charge < -0.3 is 10.0 Å². The highest BCUT2D eigenvalue weighted by atomic mass is 32.2. The van der Waals surface area contributed by atoms with Gasteiger partial charge in [-0.2, -0.15) is 0 Å². The van der Waals surface area contributed by atoms with E-state index in [-0.39, 0.29) is 23.5 Å². The molecule has 1 saturated carbocycles. The Balaban J connectivity index is 2.09. The van der Waals surface area contributed by atoms with Gasteiger partial charge in [0.25, 0.3) is 0 Å². The summed E-state index contributed by atoms with van der Waals surface area (Å²) in [5, 5.41) is 9.09. The van der Waals surface area contributed by atoms with Gasteiger partial charge in [-0.05, 0) is 25.7 Å². The molecule has 0 radical (unpaired) electrons. The number of amides is 1. The lowest BCUT2D eigenvalue weighted by atomic mass is 9.72. The van der Waals surface area contributed by atoms with E-state index in [0.29, 0.717) is 25.8 Å². The fraction of sp³-hybridized carbons (Fsp3) is 0.857. The first-order chi connectivity index (χ1) is 9.85. The number of unbranched alkanes of at least 4 members (excludes halogenated alkanes) is 1. The molecule has 0 bridgehead atoms. The van der Waals surface area contributed by atoms with Crippen molar-refractivity contribution >= 4 is 21.7 Å². The molecule has 7 heteroatoms. The molecule has 1 N–H and O–H groups in total. The molecule has 0 aromatic rings. The van der Waals surface area contributed by atoms with Gasteiger partial charge in [-0.25, -0.2) is 8.42 Å². The van der Waals surface area contributed by atoms with Crippen LogP contribution < -0.4 is 0 Å². The van der Waals surface area contributed by atoms with Crippen LogP contribution in [0, 0.1) is 11.8 Å². The molecule has 1 aliphatic heterocycles. The van der Waals surface area contributed by atoms with E-state index in [4.69, 9.17) is 5.11 Å². The monoisotopic (exact) mass is 317 g/mol. The smallest absolute Gasteiger partial charge is 0.307 e. The van der Waals surface area contributed by atoms with E-state index in [1.54, 1.807) is 4.90 Å². The normalized spacial score (nSPS) is 30.6. The summed E-state index contributed by atoms with van der Waals surface area (Å²) in [5.74, 6) is -2.01. The van der Waals surface area contributed by atoms with E-state index in [2.05, 4.69) is 0 Å². The average Bonchev–Trinajstić information content (AvgIpc) is 2.68. The average molecular weight is 317 g/mol. The number of carbonyl (C=O) groups is 2. The summed E-state index contributed by atoms with van der Waals surface area (Å²) >= 11 is 0. The largest absolute Gasteiger partial charge is 0.481 e. The molecule has 6 nitrogen and oxygen atoms in total. The Morgan fingerprint density at radius 2 is 1.86 bits per heavy atom. The number of rotatable bonds is 6. The highest BCUT2D eigenvalue weighted by Crippen LogP contribution is 2.37. The molecule has 2 aliphatic rings. The molecule has 1 saturated heterocycles. The highest BCUT2D eigenvalue weighted by Gasteiger charge is 2.45. The van der Waals surface area contributed by atoms with Crippen LogP contribution >= 0.6 is 0 Å². The minimum atomic E-state index is -3.05. The predicted molar refractivity (Wildman–Crippen MR) is 77.5 cm³/mol. The van der Waals surface area contributed by atoms with Crippen molar-refractivity contribution in [1.82, 2.24) is 4.90 Å². The Labute approximate surface area is 125 Å². The van der Waals surface area contributed by atoms with E-state index < -0.39 is 27.6 Å². The van der Waals surface area contributed by atoms with Gasteiger partial charge in [0.1, 0.15) is 0 Å². The van der Waals surface area contributed by atoms with Crippen LogP contribution in [0.2, 0.25) is 0 Å². The van der Waals surface area contributed by atoms with Crippen LogP contribution in [-0.2, 0) is 19.4 Å². The number of carboxylic acids is 1. The first-order valence-electron chi connectivity index (χ1n) is 7.59. The van der Waals surface area contributed by atoms with Crippen molar-refractivity contribution in [3.8, 4) is 0 Å². The van der Waals surface area contributed by atoms with Gasteiger partial charge in [-0.15, -0.1) is 0 Å². The first-order valence-corrected chi connectivity index (χ1v) is 9.41. The topological polar surface area (TPSA) is 91.8 Å². The van der Waals surface area contributed by atoms with Gasteiger partial charge in [-0.1, -0.05) is 13.3 Å². The maximum atomic E-state index is 12.6. The maximum absolute atomic E-state index is 12.6. The summed E-state index contributed by atoms with van der Waals surface area (Å²) in [6.45, 7) is 2.54. The molecule has 0 aromatic heterocycles. The third-order valence-corrected chi connectivity index (χ3v) is 6.34. The Kier molecular flexibility index (Phi) is 4.91. The maximum Gasteiger partial charge on any atom is 0.307 e. The number of hydrogen-bond acceptors (Lipinski definition) is 4. The Morgan fingerprint density at radius 1 is 1.19 bits per heavy atom. The summed E-state index contributed by atoms with van der Waals surface area (Å²) in [6, 6.07) is -0.274. The Bertz CT molecular complexity index is 515. The van der Waals surface area contributed by atoms with Crippen LogP contribution in [0.15, 0.2) is 0 Å². The van der Waals surface area contributed by atoms with E-state index in [1.807, 2.05) is 6.92 Å². The van der Waals surface area contributed by atoms with E-state index in [1.165, 1.54) is 0 Å². The van der Waals surface area contributed by atoms with Crippen molar-refractivity contribution in [2.45, 2.75) is 45.1 Å². The van der Waals surface area contributed by atoms with E-state index in [0.717, 1.165) is 12.8 Å². The second-order valence-corrected chi connectivity index (χ2v) is 8.30. The number of nitrogens with zero attached hydrogens (tertiary/aromatic N) is 1. The minimum absolute atomic E-state index is 0.0207. The van der Waals surface area contributed by atoms with Gasteiger partial charge in [-0.3, -0.25) is 9.59 Å². The van der Waals surface area contributed by atoms with Gasteiger partial charge in [0.2, 0.25) is 5.91 Å². The van der Waals surface area contributed by atoms with E-state index >= 15 is 0 Å². The van der Waals surface area contributed by atoms with Crippen LogP contribution in [0.5, 0.6) is 0 Å². The highest BCUT2D eigenvalue weighted by molar-refractivity contribution is 7.91. The fourth-order valence-electron chi connectivity index (χ4n) is 3.13. The third kappa shape index (κ3) is 3.56. The number of hydrogen-bond donors (Lipinski definition) is 1. The second kappa shape index (κ2) is 6.34. The molecule has 21 heavy (non-hydrogen) atoms. The number of aliphatic carboxylic acids is 1. The summed E-state index contributed by atoms with van der Waals surface area (Å²) in [7, 11) is -3.05. The quantitative estimate of drug-likeness (QED) is 0.786. The lowest BCUT2D eigenvalue weighted by Gasteiger charge is -2.38. The molecule has 0 spiro atoms. The van der Waals surface area contributed by atoms with Crippen molar-refractivity contribution in [1.29, 1.82) is 0 Å². The molecular weight excluding hydrogens is 294 g/mol. The van der Waals surface area contributed by atoms with Crippen LogP contribution in [-0.4, -0.2) is 54.4 Å². The lowest BCUT2D eigenvalue weighted by Crippen LogP contribution is -2.50. The van der Waals surface area contributed by atoms with Crippen molar-refractivity contribution in [2.75, 3.05) is 18.1 Å². The summed E-state index contributed by atoms with van der Waals surface area (Å²) < 4.78 is 23.3. The van der Waals surface area contributed by atoms with Gasteiger partial charge in [0.05, 0.1) is 23.3 Å². The molecule has 3 unspecified atom stereocenters. The van der Waals surface area contributed by atoms with Crippen LogP contribution in [0.3, 0.4) is 0 Å². The zero-order valence-corrected chi connectivity index (χ0v) is 13.1. The van der Waals surface area contributed by atoms with Gasteiger partial charge in [0.15, 0.2) is 9.84 Å². The molecule has 2 rings (SSSR count). The molecule has 1 heterocycles.